The van der Waals surface area contributed by atoms with Gasteiger partial charge in [-0.25, -0.2) is 0 Å². The fraction of sp³-hybridized carbons (Fsp3) is 0.400. The maximum absolute atomic E-state index is 5.53. The van der Waals surface area contributed by atoms with Gasteiger partial charge in [-0.15, -0.1) is 0 Å². The Balaban J connectivity index is 0. The number of hydrogen-bond acceptors (Lipinski definition) is 1. The van der Waals surface area contributed by atoms with Gasteiger partial charge in [-0.1, -0.05) is 40.0 Å². The Labute approximate surface area is 70.3 Å². The Bertz CT molecular complexity index is 143. The van der Waals surface area contributed by atoms with Crippen LogP contribution in [0.3, 0.4) is 0 Å². The van der Waals surface area contributed by atoms with Crippen LogP contribution in [0.4, 0.5) is 0 Å². The lowest BCUT2D eigenvalue weighted by Gasteiger charge is -1.98. The van der Waals surface area contributed by atoms with E-state index in [4.69, 9.17) is 5.73 Å². The zero-order valence-corrected chi connectivity index (χ0v) is 7.85. The maximum Gasteiger partial charge on any atom is 0.0340 e. The normalized spacial score (nSPS) is 10.5. The van der Waals surface area contributed by atoms with Gasteiger partial charge in [0.25, 0.3) is 0 Å². The summed E-state index contributed by atoms with van der Waals surface area (Å²) < 4.78 is 0. The van der Waals surface area contributed by atoms with Crippen molar-refractivity contribution in [3.63, 3.8) is 0 Å². The average molecular weight is 153 g/mol. The van der Waals surface area contributed by atoms with E-state index in [2.05, 4.69) is 13.2 Å². The second-order valence-corrected chi connectivity index (χ2v) is 1.74. The summed E-state index contributed by atoms with van der Waals surface area (Å²) in [5, 5.41) is 0. The molecule has 11 heavy (non-hydrogen) atoms. The fourth-order valence-corrected chi connectivity index (χ4v) is 0.597. The third kappa shape index (κ3) is 5.46. The molecule has 0 atom stereocenters. The Kier molecular flexibility index (Phi) is 10.4. The fourth-order valence-electron chi connectivity index (χ4n) is 0.597. The first-order valence-corrected chi connectivity index (χ1v) is 3.99. The second kappa shape index (κ2) is 9.02. The lowest BCUT2D eigenvalue weighted by molar-refractivity contribution is 1.11. The summed E-state index contributed by atoms with van der Waals surface area (Å²) in [7, 11) is 0. The van der Waals surface area contributed by atoms with Crippen molar-refractivity contribution in [2.45, 2.75) is 27.2 Å². The topological polar surface area (TPSA) is 26.0 Å². The Morgan fingerprint density at radius 2 is 1.73 bits per heavy atom. The molecule has 0 amide bonds. The van der Waals surface area contributed by atoms with Gasteiger partial charge in [-0.3, -0.25) is 0 Å². The van der Waals surface area contributed by atoms with E-state index < -0.39 is 0 Å². The van der Waals surface area contributed by atoms with Crippen LogP contribution in [0.1, 0.15) is 27.2 Å². The summed E-state index contributed by atoms with van der Waals surface area (Å²) >= 11 is 0. The molecule has 0 aliphatic heterocycles. The highest BCUT2D eigenvalue weighted by Gasteiger charge is 1.89. The monoisotopic (exact) mass is 153 g/mol. The van der Waals surface area contributed by atoms with Crippen LogP contribution < -0.4 is 5.73 Å². The molecule has 64 valence electrons. The highest BCUT2D eigenvalue weighted by molar-refractivity contribution is 5.28. The van der Waals surface area contributed by atoms with Crippen LogP contribution in [0.15, 0.2) is 36.6 Å². The molecule has 0 rings (SSSR count). The van der Waals surface area contributed by atoms with Gasteiger partial charge < -0.3 is 5.73 Å². The molecule has 0 aromatic rings. The van der Waals surface area contributed by atoms with Crippen molar-refractivity contribution in [2.75, 3.05) is 0 Å². The molecule has 0 spiro atoms. The maximum atomic E-state index is 5.53. The number of hydrogen-bond donors (Lipinski definition) is 1. The quantitative estimate of drug-likeness (QED) is 0.620. The molecule has 0 saturated carbocycles. The zero-order valence-electron chi connectivity index (χ0n) is 7.85. The molecule has 0 aliphatic carbocycles. The largest absolute Gasteiger partial charge is 0.399 e. The highest BCUT2D eigenvalue weighted by atomic mass is 14.6. The summed E-state index contributed by atoms with van der Waals surface area (Å²) in [5.41, 5.74) is 7.32. The molecule has 0 aromatic heterocycles. The van der Waals surface area contributed by atoms with E-state index in [1.807, 2.05) is 20.8 Å². The Morgan fingerprint density at radius 1 is 1.27 bits per heavy atom. The molecular formula is C10H19N. The Morgan fingerprint density at radius 3 is 1.82 bits per heavy atom. The van der Waals surface area contributed by atoms with E-state index in [0.29, 0.717) is 0 Å². The van der Waals surface area contributed by atoms with Gasteiger partial charge >= 0.3 is 0 Å². The molecular weight excluding hydrogens is 134 g/mol. The van der Waals surface area contributed by atoms with E-state index in [-0.39, 0.29) is 0 Å². The predicted molar refractivity (Wildman–Crippen MR) is 53.2 cm³/mol. The summed E-state index contributed by atoms with van der Waals surface area (Å²) in [6, 6.07) is 0. The van der Waals surface area contributed by atoms with Crippen molar-refractivity contribution in [3.8, 4) is 0 Å². The standard InChI is InChI=1S/C8H13N.C2H6/c1-4-7(5-2)8(9)6-3;1-2/h4,6H,1,3,5,9H2,2H3;1-2H3/b8-7-;. The van der Waals surface area contributed by atoms with Gasteiger partial charge in [0.05, 0.1) is 0 Å². The molecule has 0 fully saturated rings. The first-order valence-electron chi connectivity index (χ1n) is 3.99. The van der Waals surface area contributed by atoms with E-state index in [1.165, 1.54) is 0 Å². The second-order valence-electron chi connectivity index (χ2n) is 1.74. The van der Waals surface area contributed by atoms with Crippen LogP contribution in [0.2, 0.25) is 0 Å². The summed E-state index contributed by atoms with van der Waals surface area (Å²) in [5.74, 6) is 0. The minimum atomic E-state index is 0.729. The first-order chi connectivity index (χ1) is 5.26. The highest BCUT2D eigenvalue weighted by Crippen LogP contribution is 2.04. The van der Waals surface area contributed by atoms with E-state index >= 15 is 0 Å². The predicted octanol–water partition coefficient (Wildman–Crippen LogP) is 3.01. The van der Waals surface area contributed by atoms with Gasteiger partial charge in [-0.05, 0) is 18.1 Å². The minimum Gasteiger partial charge on any atom is -0.399 e. The average Bonchev–Trinajstić information content (AvgIpc) is 2.10. The number of nitrogens with two attached hydrogens (primary N) is 1. The third-order valence-electron chi connectivity index (χ3n) is 1.22. The lowest BCUT2D eigenvalue weighted by Crippen LogP contribution is -1.96. The van der Waals surface area contributed by atoms with E-state index in [0.717, 1.165) is 17.7 Å². The van der Waals surface area contributed by atoms with Gasteiger partial charge in [0, 0.05) is 5.70 Å². The molecule has 1 nitrogen and oxygen atoms in total. The van der Waals surface area contributed by atoms with Crippen LogP contribution in [0.5, 0.6) is 0 Å². The molecule has 0 saturated heterocycles. The summed E-state index contributed by atoms with van der Waals surface area (Å²) in [4.78, 5) is 0. The van der Waals surface area contributed by atoms with Crippen molar-refractivity contribution in [3.05, 3.63) is 36.6 Å². The smallest absolute Gasteiger partial charge is 0.0340 e. The van der Waals surface area contributed by atoms with Crippen LogP contribution in [-0.4, -0.2) is 0 Å². The van der Waals surface area contributed by atoms with Crippen molar-refractivity contribution in [1.82, 2.24) is 0 Å². The molecule has 2 N–H and O–H groups in total. The molecule has 0 aromatic carbocycles. The van der Waals surface area contributed by atoms with Crippen LogP contribution in [0, 0.1) is 0 Å². The molecule has 0 radical (unpaired) electrons. The Hall–Kier alpha value is -0.980. The number of allylic oxidation sites excluding steroid dienone is 3. The minimum absolute atomic E-state index is 0.729. The molecule has 0 heterocycles. The van der Waals surface area contributed by atoms with E-state index in [1.54, 1.807) is 12.2 Å². The molecule has 0 bridgehead atoms. The van der Waals surface area contributed by atoms with Crippen molar-refractivity contribution < 1.29 is 0 Å². The van der Waals surface area contributed by atoms with Crippen LogP contribution in [-0.2, 0) is 0 Å². The van der Waals surface area contributed by atoms with Gasteiger partial charge in [0.1, 0.15) is 0 Å². The van der Waals surface area contributed by atoms with Gasteiger partial charge in [0.15, 0.2) is 0 Å². The van der Waals surface area contributed by atoms with E-state index in [9.17, 15) is 0 Å². The lowest BCUT2D eigenvalue weighted by atomic mass is 10.1. The van der Waals surface area contributed by atoms with Gasteiger partial charge in [0.2, 0.25) is 0 Å². The van der Waals surface area contributed by atoms with Crippen LogP contribution in [0.25, 0.3) is 0 Å². The summed E-state index contributed by atoms with van der Waals surface area (Å²) in [6.45, 7) is 13.2. The third-order valence-corrected chi connectivity index (χ3v) is 1.22. The number of rotatable bonds is 3. The molecule has 0 aliphatic rings. The van der Waals surface area contributed by atoms with Crippen molar-refractivity contribution >= 4 is 0 Å². The molecule has 0 unspecified atom stereocenters. The van der Waals surface area contributed by atoms with Gasteiger partial charge in [-0.2, -0.15) is 0 Å². The zero-order chi connectivity index (χ0) is 9.28. The first kappa shape index (κ1) is 12.7. The van der Waals surface area contributed by atoms with Crippen molar-refractivity contribution in [1.29, 1.82) is 0 Å². The van der Waals surface area contributed by atoms with Crippen LogP contribution >= 0.6 is 0 Å². The molecule has 1 heteroatoms. The van der Waals surface area contributed by atoms with Crippen molar-refractivity contribution in [2.24, 2.45) is 5.73 Å². The SMILES string of the molecule is C=C/C(N)=C(\C=C)CC.CC. The summed E-state index contributed by atoms with van der Waals surface area (Å²) in [6.07, 6.45) is 4.32.